The van der Waals surface area contributed by atoms with Crippen LogP contribution in [0.5, 0.6) is 0 Å². The number of para-hydroxylation sites is 2. The van der Waals surface area contributed by atoms with Crippen LogP contribution in [0.15, 0.2) is 194 Å². The Balaban J connectivity index is 0.000000124. The molecule has 0 N–H and O–H groups in total. The van der Waals surface area contributed by atoms with E-state index in [4.69, 9.17) is 0 Å². The summed E-state index contributed by atoms with van der Waals surface area (Å²) in [6, 6.07) is 69.7. The van der Waals surface area contributed by atoms with Gasteiger partial charge in [-0.3, -0.25) is 0 Å². The maximum Gasteiger partial charge on any atom is 2.00 e. The first-order valence-corrected chi connectivity index (χ1v) is 25.7. The van der Waals surface area contributed by atoms with E-state index in [1.807, 2.05) is 85.2 Å². The van der Waals surface area contributed by atoms with Gasteiger partial charge in [0.1, 0.15) is 0 Å². The summed E-state index contributed by atoms with van der Waals surface area (Å²) in [4.78, 5) is 27.2. The molecule has 12 aromatic rings. The van der Waals surface area contributed by atoms with Gasteiger partial charge < -0.3 is 29.9 Å². The monoisotopic (exact) mass is 1350 g/mol. The second-order valence-corrected chi connectivity index (χ2v) is 20.9. The van der Waals surface area contributed by atoms with Gasteiger partial charge >= 0.3 is 42.1 Å². The third-order valence-corrected chi connectivity index (χ3v) is 14.7. The zero-order valence-electron chi connectivity index (χ0n) is 43.9. The molecule has 0 atom stereocenters. The summed E-state index contributed by atoms with van der Waals surface area (Å²) in [5, 5.41) is 4.70. The third-order valence-electron chi connectivity index (χ3n) is 14.7. The quantitative estimate of drug-likeness (QED) is 0.163. The van der Waals surface area contributed by atoms with Gasteiger partial charge in [0.05, 0.1) is 0 Å². The Morgan fingerprint density at radius 1 is 0.395 bits per heavy atom. The predicted octanol–water partition coefficient (Wildman–Crippen LogP) is 16.6. The molecule has 0 spiro atoms. The molecule has 0 radical (unpaired) electrons. The molecule has 2 aliphatic rings. The summed E-state index contributed by atoms with van der Waals surface area (Å²) in [5.74, 6) is 0.897. The van der Waals surface area contributed by atoms with Crippen LogP contribution in [-0.4, -0.2) is 19.9 Å². The minimum absolute atomic E-state index is 0. The van der Waals surface area contributed by atoms with E-state index in [-0.39, 0.29) is 53.0 Å². The number of hydrogen-bond acceptors (Lipinski definition) is 4. The molecule has 0 bridgehead atoms. The van der Waals surface area contributed by atoms with Crippen molar-refractivity contribution < 1.29 is 42.1 Å². The zero-order chi connectivity index (χ0) is 51.1. The Labute approximate surface area is 475 Å². The maximum atomic E-state index is 4.60. The molecule has 6 aromatic heterocycles. The van der Waals surface area contributed by atoms with Crippen LogP contribution in [-0.2, 0) is 53.0 Å². The second kappa shape index (κ2) is 22.2. The van der Waals surface area contributed by atoms with Gasteiger partial charge in [0.2, 0.25) is 0 Å². The average Bonchev–Trinajstić information content (AvgIpc) is 4.14. The van der Waals surface area contributed by atoms with Crippen LogP contribution in [0.25, 0.3) is 88.6 Å². The maximum absolute atomic E-state index is 4.60. The number of hydrogen-bond donors (Lipinski definition) is 0. The average molecular weight is 1350 g/mol. The van der Waals surface area contributed by atoms with E-state index in [0.717, 1.165) is 67.0 Å². The predicted molar refractivity (Wildman–Crippen MR) is 305 cm³/mol. The van der Waals surface area contributed by atoms with Crippen molar-refractivity contribution in [2.75, 3.05) is 0 Å². The SMILES string of the molecule is CC(C)c1ccc2c(n1)[n-]c1ccccc12.CC(C)c1ccc2c(n1)[n-]c1ccccc12.CC1(C)c2ccccc2-c2c[c-]c(-c3ccccn3)cc21.CC1(C)c2ccccc2-c2c[c-]c(-c3ccccn3)cc21.[Pt+2].[Pt+2]. The molecule has 0 unspecified atom stereocenters. The van der Waals surface area contributed by atoms with Crippen molar-refractivity contribution in [3.63, 3.8) is 0 Å². The first-order chi connectivity index (χ1) is 35.9. The topological polar surface area (TPSA) is 79.8 Å². The van der Waals surface area contributed by atoms with E-state index in [1.54, 1.807) is 0 Å². The molecule has 0 aliphatic heterocycles. The summed E-state index contributed by atoms with van der Waals surface area (Å²) in [5.41, 5.74) is 21.0. The van der Waals surface area contributed by atoms with E-state index in [1.165, 1.54) is 55.3 Å². The van der Waals surface area contributed by atoms with E-state index in [9.17, 15) is 0 Å². The smallest absolute Gasteiger partial charge is 0.439 e. The van der Waals surface area contributed by atoms with Gasteiger partial charge in [0, 0.05) is 12.4 Å². The van der Waals surface area contributed by atoms with Crippen LogP contribution in [0.1, 0.15) is 101 Å². The van der Waals surface area contributed by atoms with E-state index in [0.29, 0.717) is 11.8 Å². The van der Waals surface area contributed by atoms with Gasteiger partial charge in [-0.1, -0.05) is 246 Å². The number of fused-ring (bicyclic) bond motifs is 12. The van der Waals surface area contributed by atoms with Gasteiger partial charge in [0.25, 0.3) is 0 Å². The van der Waals surface area contributed by atoms with Crippen molar-refractivity contribution >= 4 is 43.9 Å². The fourth-order valence-electron chi connectivity index (χ4n) is 10.6. The summed E-state index contributed by atoms with van der Waals surface area (Å²) >= 11 is 0. The third kappa shape index (κ3) is 10.2. The number of nitrogens with zero attached hydrogens (tertiary/aromatic N) is 6. The number of pyridine rings is 4. The molecule has 6 heterocycles. The molecule has 76 heavy (non-hydrogen) atoms. The molecule has 2 aliphatic carbocycles. The van der Waals surface area contributed by atoms with Gasteiger partial charge in [0.15, 0.2) is 0 Å². The molecule has 6 nitrogen and oxygen atoms in total. The Morgan fingerprint density at radius 2 is 0.776 bits per heavy atom. The van der Waals surface area contributed by atoms with Crippen molar-refractivity contribution in [3.8, 4) is 44.8 Å². The van der Waals surface area contributed by atoms with Crippen LogP contribution in [0.3, 0.4) is 0 Å². The molecule has 14 rings (SSSR count). The normalized spacial score (nSPS) is 13.0. The fourth-order valence-corrected chi connectivity index (χ4v) is 10.6. The minimum atomic E-state index is 0. The molecule has 0 fully saturated rings. The van der Waals surface area contributed by atoms with Crippen LogP contribution in [0.2, 0.25) is 0 Å². The number of rotatable bonds is 4. The van der Waals surface area contributed by atoms with Crippen LogP contribution in [0, 0.1) is 12.1 Å². The largest absolute Gasteiger partial charge is 2.00 e. The Hall–Kier alpha value is -7.10. The molecule has 0 saturated carbocycles. The summed E-state index contributed by atoms with van der Waals surface area (Å²) in [6.07, 6.45) is 3.66. The molecular formula is C68H58N6Pt2. The molecule has 6 aromatic carbocycles. The van der Waals surface area contributed by atoms with Crippen molar-refractivity contribution in [1.82, 2.24) is 29.9 Å². The van der Waals surface area contributed by atoms with Crippen LogP contribution < -0.4 is 9.97 Å². The van der Waals surface area contributed by atoms with Crippen LogP contribution in [0.4, 0.5) is 0 Å². The fraction of sp³-hybridized carbons (Fsp3) is 0.176. The van der Waals surface area contributed by atoms with Gasteiger partial charge in [-0.15, -0.1) is 58.7 Å². The zero-order valence-corrected chi connectivity index (χ0v) is 48.5. The Morgan fingerprint density at radius 3 is 1.17 bits per heavy atom. The van der Waals surface area contributed by atoms with Gasteiger partial charge in [-0.05, 0) is 89.9 Å². The first-order valence-electron chi connectivity index (χ1n) is 25.7. The molecule has 8 heteroatoms. The standard InChI is InChI=1S/2C20H16N.2C14H13N2.2Pt/c2*1-20(2)17-8-4-3-7-15(17)16-11-10-14(13-18(16)20)19-9-5-6-12-21-19;2*1-9(2)12-8-7-11-10-5-3-4-6-13(10)16-14(11)15-12;;/h2*3-9,11-13H,1-2H3;2*3-9H,1-2H3;;/q4*-1;2*+2. The molecule has 0 saturated heterocycles. The Kier molecular flexibility index (Phi) is 15.7. The van der Waals surface area contributed by atoms with E-state index >= 15 is 0 Å². The summed E-state index contributed by atoms with van der Waals surface area (Å²) < 4.78 is 0. The molecule has 380 valence electrons. The summed E-state index contributed by atoms with van der Waals surface area (Å²) in [7, 11) is 0. The molecule has 0 amide bonds. The van der Waals surface area contributed by atoms with Crippen molar-refractivity contribution in [2.45, 2.75) is 78.1 Å². The number of aromatic nitrogens is 6. The van der Waals surface area contributed by atoms with E-state index in [2.05, 4.69) is 207 Å². The van der Waals surface area contributed by atoms with Crippen LogP contribution >= 0.6 is 0 Å². The van der Waals surface area contributed by atoms with Crippen molar-refractivity contribution in [3.05, 3.63) is 240 Å². The number of benzene rings is 6. The van der Waals surface area contributed by atoms with Crippen molar-refractivity contribution in [1.29, 1.82) is 0 Å². The first kappa shape index (κ1) is 53.7. The van der Waals surface area contributed by atoms with Gasteiger partial charge in [-0.2, -0.15) is 0 Å². The minimum Gasteiger partial charge on any atom is -0.439 e. The van der Waals surface area contributed by atoms with Crippen molar-refractivity contribution in [2.24, 2.45) is 0 Å². The van der Waals surface area contributed by atoms with Gasteiger partial charge in [-0.25, -0.2) is 0 Å². The second-order valence-electron chi connectivity index (χ2n) is 20.9. The van der Waals surface area contributed by atoms with E-state index < -0.39 is 0 Å². The Bertz CT molecular complexity index is 3720. The summed E-state index contributed by atoms with van der Waals surface area (Å²) in [6.45, 7) is 17.8. The molecular weight excluding hydrogens is 1290 g/mol.